The van der Waals surface area contributed by atoms with Gasteiger partial charge in [-0.05, 0) is 24.7 Å². The number of nitrogens with zero attached hydrogens (tertiary/aromatic N) is 2. The molecule has 100 valence electrons. The first-order chi connectivity index (χ1) is 9.26. The molecule has 19 heavy (non-hydrogen) atoms. The Balaban J connectivity index is 2.47. The molecule has 2 rings (SSSR count). The van der Waals surface area contributed by atoms with Gasteiger partial charge in [0, 0.05) is 23.5 Å². The Morgan fingerprint density at radius 1 is 1.32 bits per heavy atom. The molecule has 0 amide bonds. The van der Waals surface area contributed by atoms with Crippen LogP contribution in [0.5, 0.6) is 5.75 Å². The zero-order chi connectivity index (χ0) is 13.7. The Morgan fingerprint density at radius 3 is 2.68 bits per heavy atom. The second kappa shape index (κ2) is 6.24. The molecule has 1 aromatic heterocycles. The molecule has 2 aromatic rings. The van der Waals surface area contributed by atoms with E-state index in [9.17, 15) is 4.39 Å². The molecule has 0 saturated carbocycles. The Kier molecular flexibility index (Phi) is 4.41. The zero-order valence-electron chi connectivity index (χ0n) is 10.9. The molecule has 5 heteroatoms. The lowest BCUT2D eigenvalue weighted by Gasteiger charge is -2.20. The second-order valence-electron chi connectivity index (χ2n) is 4.05. The topological polar surface area (TPSA) is 47.0 Å². The summed E-state index contributed by atoms with van der Waals surface area (Å²) in [5.41, 5.74) is 1.60. The van der Waals surface area contributed by atoms with Crippen LogP contribution in [0.15, 0.2) is 36.9 Å². The standard InChI is InChI=1S/C14H16FN3O/c1-3-18-14(10-7-16-9-17-8-10)12-6-11(15)4-5-13(12)19-2/h4-9,14,18H,3H2,1-2H3. The number of halogens is 1. The minimum Gasteiger partial charge on any atom is -0.496 e. The van der Waals surface area contributed by atoms with Gasteiger partial charge in [0.1, 0.15) is 17.9 Å². The summed E-state index contributed by atoms with van der Waals surface area (Å²) in [6.07, 6.45) is 4.89. The van der Waals surface area contributed by atoms with E-state index >= 15 is 0 Å². The average molecular weight is 261 g/mol. The lowest BCUT2D eigenvalue weighted by atomic mass is 10.00. The molecule has 0 radical (unpaired) electrons. The van der Waals surface area contributed by atoms with Gasteiger partial charge in [-0.1, -0.05) is 6.92 Å². The highest BCUT2D eigenvalue weighted by Gasteiger charge is 2.18. The van der Waals surface area contributed by atoms with E-state index in [0.29, 0.717) is 5.75 Å². The van der Waals surface area contributed by atoms with Gasteiger partial charge in [0.2, 0.25) is 0 Å². The number of nitrogens with one attached hydrogen (secondary N) is 1. The molecule has 0 fully saturated rings. The molecular weight excluding hydrogens is 245 g/mol. The van der Waals surface area contributed by atoms with Crippen molar-refractivity contribution in [3.05, 3.63) is 53.9 Å². The van der Waals surface area contributed by atoms with E-state index in [1.165, 1.54) is 18.5 Å². The van der Waals surface area contributed by atoms with Gasteiger partial charge >= 0.3 is 0 Å². The highest BCUT2D eigenvalue weighted by molar-refractivity contribution is 5.41. The molecule has 4 nitrogen and oxygen atoms in total. The van der Waals surface area contributed by atoms with Crippen molar-refractivity contribution in [3.8, 4) is 5.75 Å². The normalized spacial score (nSPS) is 12.2. The van der Waals surface area contributed by atoms with Crippen LogP contribution in [0.1, 0.15) is 24.1 Å². The van der Waals surface area contributed by atoms with Crippen LogP contribution in [0, 0.1) is 5.82 Å². The van der Waals surface area contributed by atoms with Gasteiger partial charge < -0.3 is 10.1 Å². The maximum absolute atomic E-state index is 13.5. The van der Waals surface area contributed by atoms with E-state index < -0.39 is 0 Å². The molecule has 1 heterocycles. The number of rotatable bonds is 5. The van der Waals surface area contributed by atoms with Crippen molar-refractivity contribution in [1.82, 2.24) is 15.3 Å². The largest absolute Gasteiger partial charge is 0.496 e. The monoisotopic (exact) mass is 261 g/mol. The average Bonchev–Trinajstić information content (AvgIpc) is 2.45. The minimum absolute atomic E-state index is 0.197. The van der Waals surface area contributed by atoms with E-state index in [2.05, 4.69) is 15.3 Å². The fourth-order valence-electron chi connectivity index (χ4n) is 2.00. The van der Waals surface area contributed by atoms with Crippen LogP contribution in [0.25, 0.3) is 0 Å². The summed E-state index contributed by atoms with van der Waals surface area (Å²) in [7, 11) is 1.57. The second-order valence-corrected chi connectivity index (χ2v) is 4.05. The van der Waals surface area contributed by atoms with Gasteiger partial charge in [-0.2, -0.15) is 0 Å². The summed E-state index contributed by atoms with van der Waals surface area (Å²) in [6.45, 7) is 2.72. The highest BCUT2D eigenvalue weighted by Crippen LogP contribution is 2.30. The lowest BCUT2D eigenvalue weighted by molar-refractivity contribution is 0.402. The predicted octanol–water partition coefficient (Wildman–Crippen LogP) is 2.32. The number of benzene rings is 1. The molecule has 0 spiro atoms. The molecule has 0 aliphatic carbocycles. The van der Waals surface area contributed by atoms with Gasteiger partial charge in [0.15, 0.2) is 0 Å². The Morgan fingerprint density at radius 2 is 2.05 bits per heavy atom. The summed E-state index contributed by atoms with van der Waals surface area (Å²) in [6, 6.07) is 4.28. The number of methoxy groups -OCH3 is 1. The molecule has 0 saturated heterocycles. The molecule has 1 N–H and O–H groups in total. The van der Waals surface area contributed by atoms with Crippen LogP contribution in [0.2, 0.25) is 0 Å². The van der Waals surface area contributed by atoms with Crippen LogP contribution in [0.4, 0.5) is 4.39 Å². The van der Waals surface area contributed by atoms with Gasteiger partial charge in [-0.25, -0.2) is 14.4 Å². The van der Waals surface area contributed by atoms with Crippen molar-refractivity contribution in [2.45, 2.75) is 13.0 Å². The van der Waals surface area contributed by atoms with Crippen molar-refractivity contribution >= 4 is 0 Å². The summed E-state index contributed by atoms with van der Waals surface area (Å²) in [4.78, 5) is 8.01. The van der Waals surface area contributed by atoms with Gasteiger partial charge in [0.25, 0.3) is 0 Å². The summed E-state index contributed by atoms with van der Waals surface area (Å²) in [5.74, 6) is 0.340. The van der Waals surface area contributed by atoms with E-state index in [-0.39, 0.29) is 11.9 Å². The smallest absolute Gasteiger partial charge is 0.124 e. The first-order valence-corrected chi connectivity index (χ1v) is 6.08. The van der Waals surface area contributed by atoms with Gasteiger partial charge in [-0.3, -0.25) is 0 Å². The SMILES string of the molecule is CCNC(c1cncnc1)c1cc(F)ccc1OC. The molecule has 1 atom stereocenters. The van der Waals surface area contributed by atoms with Crippen molar-refractivity contribution in [3.63, 3.8) is 0 Å². The Hall–Kier alpha value is -2.01. The first-order valence-electron chi connectivity index (χ1n) is 6.08. The highest BCUT2D eigenvalue weighted by atomic mass is 19.1. The van der Waals surface area contributed by atoms with E-state index in [1.807, 2.05) is 6.92 Å². The number of hydrogen-bond acceptors (Lipinski definition) is 4. The maximum Gasteiger partial charge on any atom is 0.124 e. The van der Waals surface area contributed by atoms with Crippen LogP contribution >= 0.6 is 0 Å². The van der Waals surface area contributed by atoms with Crippen LogP contribution in [0.3, 0.4) is 0 Å². The maximum atomic E-state index is 13.5. The third-order valence-corrected chi connectivity index (χ3v) is 2.82. The van der Waals surface area contributed by atoms with Crippen LogP contribution in [-0.2, 0) is 0 Å². The summed E-state index contributed by atoms with van der Waals surface area (Å²) >= 11 is 0. The molecule has 0 aliphatic rings. The quantitative estimate of drug-likeness (QED) is 0.897. The zero-order valence-corrected chi connectivity index (χ0v) is 10.9. The number of ether oxygens (including phenoxy) is 1. The Labute approximate surface area is 111 Å². The third-order valence-electron chi connectivity index (χ3n) is 2.82. The molecule has 0 aliphatic heterocycles. The molecule has 1 unspecified atom stereocenters. The van der Waals surface area contributed by atoms with Crippen LogP contribution < -0.4 is 10.1 Å². The van der Waals surface area contributed by atoms with Gasteiger partial charge in [0.05, 0.1) is 13.2 Å². The van der Waals surface area contributed by atoms with Crippen LogP contribution in [-0.4, -0.2) is 23.6 Å². The lowest BCUT2D eigenvalue weighted by Crippen LogP contribution is -2.23. The Bertz CT molecular complexity index is 533. The van der Waals surface area contributed by atoms with Gasteiger partial charge in [-0.15, -0.1) is 0 Å². The first kappa shape index (κ1) is 13.4. The summed E-state index contributed by atoms with van der Waals surface area (Å²) < 4.78 is 18.8. The van der Waals surface area contributed by atoms with E-state index in [0.717, 1.165) is 17.7 Å². The minimum atomic E-state index is -0.296. The predicted molar refractivity (Wildman–Crippen MR) is 70.5 cm³/mol. The van der Waals surface area contributed by atoms with Crippen molar-refractivity contribution in [1.29, 1.82) is 0 Å². The van der Waals surface area contributed by atoms with Crippen molar-refractivity contribution in [2.24, 2.45) is 0 Å². The summed E-state index contributed by atoms with van der Waals surface area (Å²) in [5, 5.41) is 3.29. The van der Waals surface area contributed by atoms with Crippen molar-refractivity contribution in [2.75, 3.05) is 13.7 Å². The molecule has 1 aromatic carbocycles. The third kappa shape index (κ3) is 3.06. The van der Waals surface area contributed by atoms with E-state index in [1.54, 1.807) is 25.6 Å². The van der Waals surface area contributed by atoms with Crippen molar-refractivity contribution < 1.29 is 9.13 Å². The number of aromatic nitrogens is 2. The molecular formula is C14H16FN3O. The fourth-order valence-corrected chi connectivity index (χ4v) is 2.00. The number of hydrogen-bond donors (Lipinski definition) is 1. The fraction of sp³-hybridized carbons (Fsp3) is 0.286. The molecule has 0 bridgehead atoms. The van der Waals surface area contributed by atoms with E-state index in [4.69, 9.17) is 4.74 Å².